The van der Waals surface area contributed by atoms with Crippen molar-refractivity contribution in [3.8, 4) is 11.5 Å². The molecule has 364 valence electrons. The first-order valence-electron chi connectivity index (χ1n) is 22.4. The van der Waals surface area contributed by atoms with Gasteiger partial charge in [-0.05, 0) is 62.4 Å². The minimum Gasteiger partial charge on any atom is -0.491 e. The number of nitrogens with two attached hydrogens (primary N) is 1. The fraction of sp³-hybridized carbons (Fsp3) is 0.447. The molecule has 0 bridgehead atoms. The highest BCUT2D eigenvalue weighted by Gasteiger charge is 2.22. The second kappa shape index (κ2) is 25.4. The lowest BCUT2D eigenvalue weighted by Gasteiger charge is -2.35. The Balaban J connectivity index is 0.000000189. The van der Waals surface area contributed by atoms with E-state index >= 15 is 0 Å². The number of thiazole rings is 2. The van der Waals surface area contributed by atoms with E-state index in [1.807, 2.05) is 50.2 Å². The molecule has 0 aliphatic carbocycles. The van der Waals surface area contributed by atoms with Crippen LogP contribution in [-0.2, 0) is 19.9 Å². The summed E-state index contributed by atoms with van der Waals surface area (Å²) >= 11 is 3.33. The van der Waals surface area contributed by atoms with Crippen molar-refractivity contribution in [3.63, 3.8) is 0 Å². The summed E-state index contributed by atoms with van der Waals surface area (Å²) in [6.07, 6.45) is 0.128. The average molecular weight is 997 g/mol. The molecule has 67 heavy (non-hydrogen) atoms. The van der Waals surface area contributed by atoms with Gasteiger partial charge < -0.3 is 25.4 Å². The third-order valence-electron chi connectivity index (χ3n) is 11.1. The molecule has 20 heteroatoms. The van der Waals surface area contributed by atoms with Gasteiger partial charge in [-0.15, -0.1) is 22.7 Å². The first kappa shape index (κ1) is 52.2. The maximum absolute atomic E-state index is 12.3. The third kappa shape index (κ3) is 17.1. The predicted molar refractivity (Wildman–Crippen MR) is 268 cm³/mol. The van der Waals surface area contributed by atoms with Gasteiger partial charge in [0.15, 0.2) is 9.84 Å². The zero-order valence-corrected chi connectivity index (χ0v) is 41.7. The fourth-order valence-corrected chi connectivity index (χ4v) is 10.9. The van der Waals surface area contributed by atoms with Gasteiger partial charge in [0.25, 0.3) is 0 Å². The van der Waals surface area contributed by atoms with Crippen LogP contribution in [0.2, 0.25) is 0 Å². The van der Waals surface area contributed by atoms with Crippen molar-refractivity contribution in [1.82, 2.24) is 34.3 Å². The highest BCUT2D eigenvalue weighted by atomic mass is 32.2. The van der Waals surface area contributed by atoms with Crippen molar-refractivity contribution < 1.29 is 36.5 Å². The highest BCUT2D eigenvalue weighted by molar-refractivity contribution is 7.90. The van der Waals surface area contributed by atoms with E-state index in [0.717, 1.165) is 101 Å². The van der Waals surface area contributed by atoms with Crippen LogP contribution < -0.4 is 19.9 Å². The zero-order valence-electron chi connectivity index (χ0n) is 38.4. The molecule has 2 fully saturated rings. The topological polar surface area (TPSA) is 204 Å². The van der Waals surface area contributed by atoms with Gasteiger partial charge in [0.05, 0.1) is 40.2 Å². The number of hydrogen-bond donors (Lipinski definition) is 4. The van der Waals surface area contributed by atoms with Crippen LogP contribution in [-0.4, -0.2) is 180 Å². The van der Waals surface area contributed by atoms with Crippen LogP contribution in [0.25, 0.3) is 20.4 Å². The van der Waals surface area contributed by atoms with Crippen molar-refractivity contribution >= 4 is 63.0 Å². The van der Waals surface area contributed by atoms with Gasteiger partial charge in [0, 0.05) is 110 Å². The van der Waals surface area contributed by atoms with Crippen LogP contribution >= 0.6 is 22.7 Å². The minimum absolute atomic E-state index is 0.232. The Morgan fingerprint density at radius 1 is 0.627 bits per heavy atom. The molecule has 2 aliphatic heterocycles. The zero-order chi connectivity index (χ0) is 47.8. The number of β-amino-alcohol motifs (C(OH)–C–C–N with tert-alkyl or cyclic N) is 2. The van der Waals surface area contributed by atoms with E-state index in [0.29, 0.717) is 44.2 Å². The average Bonchev–Trinajstić information content (AvgIpc) is 3.89. The highest BCUT2D eigenvalue weighted by Crippen LogP contribution is 2.27. The van der Waals surface area contributed by atoms with Crippen LogP contribution in [0, 0.1) is 13.8 Å². The molecule has 8 rings (SSSR count). The SMILES string of the molecule is CS(=O)(=O)c1ccccc1.Cc1nc2cc(OC[C@H](O)CN3CCN(CCN)CC3)ccc2s1.Cc1nc2cc(OC[C@H](O)CN3CCN(CCNS(=O)(=O)c4ccccc4)CC3)ccc2s1. The Labute approximate surface area is 402 Å². The first-order chi connectivity index (χ1) is 32.1. The number of fused-ring (bicyclic) bond motifs is 2. The Morgan fingerprint density at radius 2 is 1.04 bits per heavy atom. The van der Waals surface area contributed by atoms with Gasteiger partial charge in [-0.25, -0.2) is 31.5 Å². The number of benzene rings is 4. The molecule has 0 saturated carbocycles. The lowest BCUT2D eigenvalue weighted by atomic mass is 10.2. The summed E-state index contributed by atoms with van der Waals surface area (Å²) in [7, 11) is -6.47. The normalized spacial score (nSPS) is 16.4. The third-order valence-corrected chi connectivity index (χ3v) is 15.6. The van der Waals surface area contributed by atoms with Crippen molar-refractivity contribution in [1.29, 1.82) is 0 Å². The maximum atomic E-state index is 12.3. The molecule has 16 nitrogen and oxygen atoms in total. The second-order valence-corrected chi connectivity index (χ2v) is 22.8. The van der Waals surface area contributed by atoms with Gasteiger partial charge in [-0.2, -0.15) is 0 Å². The summed E-state index contributed by atoms with van der Waals surface area (Å²) < 4.78 is 62.7. The van der Waals surface area contributed by atoms with E-state index in [2.05, 4.69) is 34.3 Å². The number of sulfone groups is 1. The molecule has 2 atom stereocenters. The molecule has 5 N–H and O–H groups in total. The summed E-state index contributed by atoms with van der Waals surface area (Å²) in [6.45, 7) is 15.7. The summed E-state index contributed by atoms with van der Waals surface area (Å²) in [4.78, 5) is 18.7. The number of aliphatic hydroxyl groups is 2. The number of nitrogens with zero attached hydrogens (tertiary/aromatic N) is 6. The molecule has 0 amide bonds. The standard InChI is InChI=1S/C23H30N4O4S2.C17H26N4O2S.C7H8O2S/c1-18-25-22-15-20(7-8-23(22)32-18)31-17-19(28)16-27-13-11-26(12-14-27)10-9-24-33(29,30)21-5-3-2-4-6-21;1-13-19-16-10-15(2-3-17(16)24-13)23-12-14(22)11-21-8-6-20(5-4-18)7-9-21;1-10(8,9)7-5-3-2-4-6-7/h2-8,15,19,24,28H,9-14,16-17H2,1H3;2-3,10,14,22H,4-9,11-12,18H2,1H3;2-6H,1H3/t19-;14-;/m11./s1. The lowest BCUT2D eigenvalue weighted by molar-refractivity contribution is 0.0465. The van der Waals surface area contributed by atoms with Crippen LogP contribution in [0.15, 0.2) is 107 Å². The Morgan fingerprint density at radius 3 is 1.46 bits per heavy atom. The molecule has 2 saturated heterocycles. The number of aromatic nitrogens is 2. The van der Waals surface area contributed by atoms with Gasteiger partial charge in [0.1, 0.15) is 36.9 Å². The number of rotatable bonds is 18. The largest absolute Gasteiger partial charge is 0.491 e. The summed E-state index contributed by atoms with van der Waals surface area (Å²) in [5, 5.41) is 22.7. The molecule has 0 spiro atoms. The molecule has 0 unspecified atom stereocenters. The van der Waals surface area contributed by atoms with Crippen molar-refractivity contribution in [2.24, 2.45) is 5.73 Å². The van der Waals surface area contributed by atoms with Gasteiger partial charge in [-0.1, -0.05) is 36.4 Å². The van der Waals surface area contributed by atoms with Crippen LogP contribution in [0.5, 0.6) is 11.5 Å². The predicted octanol–water partition coefficient (Wildman–Crippen LogP) is 3.95. The molecule has 4 heterocycles. The quantitative estimate of drug-likeness (QED) is 0.0964. The van der Waals surface area contributed by atoms with E-state index in [4.69, 9.17) is 15.2 Å². The Kier molecular flexibility index (Phi) is 19.8. The van der Waals surface area contributed by atoms with E-state index in [1.165, 1.54) is 6.26 Å². The monoisotopic (exact) mass is 996 g/mol. The molecular formula is C47H64N8O8S4. The lowest BCUT2D eigenvalue weighted by Crippen LogP contribution is -2.50. The number of ether oxygens (including phenoxy) is 2. The number of aliphatic hydroxyl groups excluding tert-OH is 2. The molecule has 2 aromatic heterocycles. The second-order valence-electron chi connectivity index (χ2n) is 16.5. The van der Waals surface area contributed by atoms with E-state index in [9.17, 15) is 27.0 Å². The van der Waals surface area contributed by atoms with Gasteiger partial charge in [-0.3, -0.25) is 19.6 Å². The fourth-order valence-electron chi connectivity index (χ4n) is 7.57. The van der Waals surface area contributed by atoms with Crippen molar-refractivity contribution in [2.45, 2.75) is 35.8 Å². The van der Waals surface area contributed by atoms with Gasteiger partial charge >= 0.3 is 0 Å². The first-order valence-corrected chi connectivity index (χ1v) is 27.4. The van der Waals surface area contributed by atoms with Crippen molar-refractivity contribution in [2.75, 3.05) is 111 Å². The molecule has 0 radical (unpaired) electrons. The summed E-state index contributed by atoms with van der Waals surface area (Å²) in [5.41, 5.74) is 7.47. The molecule has 2 aliphatic rings. The number of nitrogens with one attached hydrogen (secondary N) is 1. The van der Waals surface area contributed by atoms with Crippen molar-refractivity contribution in [3.05, 3.63) is 107 Å². The summed E-state index contributed by atoms with van der Waals surface area (Å²) in [5.74, 6) is 1.48. The molecule has 6 aromatic rings. The Bertz CT molecular complexity index is 2640. The summed E-state index contributed by atoms with van der Waals surface area (Å²) in [6, 6.07) is 28.5. The Hall–Kier alpha value is -4.16. The van der Waals surface area contributed by atoms with Crippen LogP contribution in [0.3, 0.4) is 0 Å². The number of sulfonamides is 1. The van der Waals surface area contributed by atoms with E-state index in [1.54, 1.807) is 83.3 Å². The number of piperazine rings is 2. The number of hydrogen-bond acceptors (Lipinski definition) is 17. The van der Waals surface area contributed by atoms with Crippen LogP contribution in [0.1, 0.15) is 10.0 Å². The van der Waals surface area contributed by atoms with Gasteiger partial charge in [0.2, 0.25) is 10.0 Å². The minimum atomic E-state index is -3.47. The number of aryl methyl sites for hydroxylation is 2. The smallest absolute Gasteiger partial charge is 0.240 e. The molecular weight excluding hydrogens is 933 g/mol. The van der Waals surface area contributed by atoms with E-state index < -0.39 is 32.1 Å². The maximum Gasteiger partial charge on any atom is 0.240 e. The van der Waals surface area contributed by atoms with E-state index in [-0.39, 0.29) is 11.5 Å². The van der Waals surface area contributed by atoms with Crippen LogP contribution in [0.4, 0.5) is 0 Å². The molecule has 4 aromatic carbocycles.